The van der Waals surface area contributed by atoms with Gasteiger partial charge in [-0.2, -0.15) is 5.10 Å². The number of hydrogen-bond acceptors (Lipinski definition) is 6. The minimum atomic E-state index is -0.101. The third-order valence-electron chi connectivity index (χ3n) is 5.28. The van der Waals surface area contributed by atoms with Crippen molar-refractivity contribution in [2.45, 2.75) is 52.5 Å². The molecule has 1 aliphatic rings. The first-order valence-electron chi connectivity index (χ1n) is 9.66. The third kappa shape index (κ3) is 3.65. The molecule has 2 atom stereocenters. The average Bonchev–Trinajstić information content (AvgIpc) is 3.28. The van der Waals surface area contributed by atoms with E-state index in [-0.39, 0.29) is 17.9 Å². The zero-order valence-corrected chi connectivity index (χ0v) is 19.8. The molecular formula is C20H23IN6OS. The molecule has 0 aromatic carbocycles. The number of carbonyl (C=O) groups is 1. The smallest absolute Gasteiger partial charge is 0.223 e. The number of anilines is 2. The zero-order chi connectivity index (χ0) is 20.7. The predicted molar refractivity (Wildman–Crippen MR) is 126 cm³/mol. The molecule has 0 aliphatic heterocycles. The van der Waals surface area contributed by atoms with Crippen molar-refractivity contribution in [2.75, 3.05) is 8.85 Å². The molecule has 4 rings (SSSR count). The van der Waals surface area contributed by atoms with Crippen molar-refractivity contribution in [3.8, 4) is 21.8 Å². The van der Waals surface area contributed by atoms with Crippen LogP contribution in [0.5, 0.6) is 0 Å². The lowest BCUT2D eigenvalue weighted by Crippen LogP contribution is -2.12. The van der Waals surface area contributed by atoms with Gasteiger partial charge in [-0.05, 0) is 37.8 Å². The lowest BCUT2D eigenvalue weighted by Gasteiger charge is -2.21. The maximum absolute atomic E-state index is 11.5. The molecule has 0 bridgehead atoms. The summed E-state index contributed by atoms with van der Waals surface area (Å²) in [4.78, 5) is 21.8. The largest absolute Gasteiger partial charge is 0.313 e. The Morgan fingerprint density at radius 3 is 2.86 bits per heavy atom. The van der Waals surface area contributed by atoms with Crippen LogP contribution in [0.25, 0.3) is 21.8 Å². The van der Waals surface area contributed by atoms with Crippen LogP contribution in [0, 0.1) is 0 Å². The Balaban J connectivity index is 1.91. The highest BCUT2D eigenvalue weighted by molar-refractivity contribution is 14.1. The number of amides is 1. The highest BCUT2D eigenvalue weighted by Crippen LogP contribution is 2.48. The normalized spacial score (nSPS) is 16.1. The fourth-order valence-corrected chi connectivity index (χ4v) is 5.12. The van der Waals surface area contributed by atoms with E-state index in [0.717, 1.165) is 46.2 Å². The number of nitrogens with one attached hydrogen (secondary N) is 2. The molecule has 2 unspecified atom stereocenters. The highest BCUT2D eigenvalue weighted by atomic mass is 127. The molecule has 0 radical (unpaired) electrons. The summed E-state index contributed by atoms with van der Waals surface area (Å²) in [6.07, 6.45) is 3.69. The van der Waals surface area contributed by atoms with Gasteiger partial charge in [0.05, 0.1) is 44.8 Å². The van der Waals surface area contributed by atoms with Crippen LogP contribution in [-0.2, 0) is 11.2 Å². The van der Waals surface area contributed by atoms with Gasteiger partial charge in [-0.25, -0.2) is 9.97 Å². The number of halogens is 1. The second-order valence-corrected chi connectivity index (χ2v) is 8.96. The molecule has 152 valence electrons. The number of pyridine rings is 1. The van der Waals surface area contributed by atoms with Gasteiger partial charge in [0.15, 0.2) is 5.13 Å². The van der Waals surface area contributed by atoms with Gasteiger partial charge in [-0.1, -0.05) is 25.2 Å². The van der Waals surface area contributed by atoms with E-state index in [1.807, 2.05) is 12.3 Å². The minimum absolute atomic E-state index is 0.101. The Morgan fingerprint density at radius 1 is 1.45 bits per heavy atom. The molecule has 3 aromatic heterocycles. The molecule has 1 amide bonds. The molecule has 9 heteroatoms. The number of fused-ring (bicyclic) bond motifs is 3. The van der Waals surface area contributed by atoms with Gasteiger partial charge in [0, 0.05) is 30.3 Å². The Hall–Kier alpha value is -2.01. The van der Waals surface area contributed by atoms with E-state index in [0.29, 0.717) is 5.13 Å². The van der Waals surface area contributed by atoms with Crippen molar-refractivity contribution in [1.82, 2.24) is 19.7 Å². The fourth-order valence-electron chi connectivity index (χ4n) is 3.71. The summed E-state index contributed by atoms with van der Waals surface area (Å²) >= 11 is 3.61. The van der Waals surface area contributed by atoms with Crippen LogP contribution in [0.4, 0.5) is 10.9 Å². The molecule has 0 spiro atoms. The topological polar surface area (TPSA) is 84.7 Å². The van der Waals surface area contributed by atoms with Crippen LogP contribution >= 0.6 is 34.2 Å². The van der Waals surface area contributed by atoms with Crippen LogP contribution in [0.15, 0.2) is 18.3 Å². The fraction of sp³-hybridized carbons (Fsp3) is 0.400. The van der Waals surface area contributed by atoms with Crippen LogP contribution in [0.2, 0.25) is 0 Å². The summed E-state index contributed by atoms with van der Waals surface area (Å²) in [5, 5.41) is 8.55. The van der Waals surface area contributed by atoms with E-state index in [4.69, 9.17) is 10.1 Å². The van der Waals surface area contributed by atoms with E-state index in [1.165, 1.54) is 23.8 Å². The Kier molecular flexibility index (Phi) is 5.60. The monoisotopic (exact) mass is 522 g/mol. The summed E-state index contributed by atoms with van der Waals surface area (Å²) in [6, 6.07) is 4.29. The molecule has 0 fully saturated rings. The second-order valence-electron chi connectivity index (χ2n) is 7.42. The minimum Gasteiger partial charge on any atom is -0.313 e. The molecule has 3 heterocycles. The molecule has 3 aromatic rings. The van der Waals surface area contributed by atoms with Crippen LogP contribution in [-0.4, -0.2) is 25.7 Å². The highest BCUT2D eigenvalue weighted by Gasteiger charge is 2.34. The van der Waals surface area contributed by atoms with Crippen LogP contribution in [0.1, 0.15) is 57.3 Å². The maximum Gasteiger partial charge on any atom is 0.223 e. The van der Waals surface area contributed by atoms with Crippen molar-refractivity contribution in [2.24, 2.45) is 0 Å². The molecule has 0 saturated carbocycles. The van der Waals surface area contributed by atoms with E-state index < -0.39 is 0 Å². The van der Waals surface area contributed by atoms with Crippen molar-refractivity contribution in [1.29, 1.82) is 0 Å². The van der Waals surface area contributed by atoms with E-state index in [1.54, 1.807) is 0 Å². The lowest BCUT2D eigenvalue weighted by molar-refractivity contribution is -0.114. The Labute approximate surface area is 187 Å². The summed E-state index contributed by atoms with van der Waals surface area (Å²) < 4.78 is 5.17. The van der Waals surface area contributed by atoms with Crippen LogP contribution in [0.3, 0.4) is 0 Å². The molecule has 7 nitrogen and oxygen atoms in total. The zero-order valence-electron chi connectivity index (χ0n) is 16.8. The summed E-state index contributed by atoms with van der Waals surface area (Å²) in [6.45, 7) is 8.09. The number of thiazole rings is 1. The van der Waals surface area contributed by atoms with Crippen molar-refractivity contribution in [3.63, 3.8) is 0 Å². The molecule has 29 heavy (non-hydrogen) atoms. The third-order valence-corrected chi connectivity index (χ3v) is 6.85. The Bertz CT molecular complexity index is 1060. The maximum atomic E-state index is 11.5. The van der Waals surface area contributed by atoms with Gasteiger partial charge in [0.25, 0.3) is 0 Å². The van der Waals surface area contributed by atoms with Crippen molar-refractivity contribution < 1.29 is 4.79 Å². The van der Waals surface area contributed by atoms with Gasteiger partial charge in [-0.3, -0.25) is 9.48 Å². The van der Waals surface area contributed by atoms with Gasteiger partial charge < -0.3 is 8.85 Å². The number of hydrogen-bond donors (Lipinski definition) is 2. The first-order valence-corrected chi connectivity index (χ1v) is 11.6. The summed E-state index contributed by atoms with van der Waals surface area (Å²) in [5.74, 6) is 0.998. The Morgan fingerprint density at radius 2 is 2.24 bits per heavy atom. The van der Waals surface area contributed by atoms with Gasteiger partial charge in [0.1, 0.15) is 5.82 Å². The summed E-state index contributed by atoms with van der Waals surface area (Å²) in [5.41, 5.74) is 5.42. The number of aromatic nitrogens is 4. The molecule has 0 saturated heterocycles. The quantitative estimate of drug-likeness (QED) is 0.346. The lowest BCUT2D eigenvalue weighted by atomic mass is 9.86. The van der Waals surface area contributed by atoms with Gasteiger partial charge in [-0.15, -0.1) is 0 Å². The first-order chi connectivity index (χ1) is 13.9. The number of carbonyl (C=O) groups excluding carboxylic acids is 1. The van der Waals surface area contributed by atoms with E-state index in [9.17, 15) is 4.79 Å². The van der Waals surface area contributed by atoms with E-state index >= 15 is 0 Å². The average molecular weight is 522 g/mol. The molecule has 2 N–H and O–H groups in total. The van der Waals surface area contributed by atoms with Crippen molar-refractivity contribution in [3.05, 3.63) is 29.6 Å². The van der Waals surface area contributed by atoms with Crippen LogP contribution < -0.4 is 8.85 Å². The summed E-state index contributed by atoms with van der Waals surface area (Å²) in [7, 11) is 0. The number of rotatable bonds is 5. The van der Waals surface area contributed by atoms with Crippen molar-refractivity contribution >= 4 is 51.1 Å². The SMILES string of the molecule is CCC(C)n1nc(-c2ccc(NI)nc2)c2c1-c1sc(NC(C)=O)nc1CC2C. The number of nitrogens with zero attached hydrogens (tertiary/aromatic N) is 4. The molecular weight excluding hydrogens is 499 g/mol. The van der Waals surface area contributed by atoms with E-state index in [2.05, 4.69) is 68.2 Å². The van der Waals surface area contributed by atoms with Gasteiger partial charge >= 0.3 is 0 Å². The second kappa shape index (κ2) is 8.02. The predicted octanol–water partition coefficient (Wildman–Crippen LogP) is 5.42. The standard InChI is InChI=1S/C20H23IN6OS/c1-5-11(3)27-18-16(17(26-27)13-6-7-15(25-21)22-9-13)10(2)8-14-19(18)29-20(24-14)23-12(4)28/h6-7,9-11H,5,8H2,1-4H3,(H,22,25)(H,23,24,28). The molecule has 1 aliphatic carbocycles. The first kappa shape index (κ1) is 20.3. The van der Waals surface area contributed by atoms with Gasteiger partial charge in [0.2, 0.25) is 5.91 Å².